The molecule has 1 saturated carbocycles. The Morgan fingerprint density at radius 3 is 2.15 bits per heavy atom. The molecule has 2 nitrogen and oxygen atoms in total. The summed E-state index contributed by atoms with van der Waals surface area (Å²) in [6.07, 6.45) is 9.49. The molecule has 1 aliphatic rings. The molecule has 0 aromatic rings. The summed E-state index contributed by atoms with van der Waals surface area (Å²) < 4.78 is 0. The molecule has 0 spiro atoms. The van der Waals surface area contributed by atoms with Gasteiger partial charge in [-0.25, -0.2) is 5.90 Å². The summed E-state index contributed by atoms with van der Waals surface area (Å²) in [5.74, 6) is 5.65. The minimum Gasteiger partial charge on any atom is -0.304 e. The molecule has 0 aromatic heterocycles. The van der Waals surface area contributed by atoms with Gasteiger partial charge in [0.05, 0.1) is 6.61 Å². The van der Waals surface area contributed by atoms with Crippen LogP contribution in [0.5, 0.6) is 0 Å². The van der Waals surface area contributed by atoms with Gasteiger partial charge in [-0.15, -0.1) is 0 Å². The van der Waals surface area contributed by atoms with Crippen molar-refractivity contribution < 1.29 is 4.84 Å². The van der Waals surface area contributed by atoms with Gasteiger partial charge in [0.2, 0.25) is 0 Å². The summed E-state index contributed by atoms with van der Waals surface area (Å²) in [6.45, 7) is 5.10. The van der Waals surface area contributed by atoms with E-state index < -0.39 is 0 Å². The molecular weight excluding hydrogens is 162 g/mol. The summed E-state index contributed by atoms with van der Waals surface area (Å²) in [4.78, 5) is 4.59. The molecule has 0 saturated heterocycles. The molecule has 1 unspecified atom stereocenters. The lowest BCUT2D eigenvalue weighted by atomic mass is 10.0. The zero-order valence-electron chi connectivity index (χ0n) is 9.22. The molecule has 1 atom stereocenters. The van der Waals surface area contributed by atoms with E-state index in [1.165, 1.54) is 44.9 Å². The highest BCUT2D eigenvalue weighted by atomic mass is 16.6. The predicted octanol–water partition coefficient (Wildman–Crippen LogP) is 3.26. The fraction of sp³-hybridized carbons (Fsp3) is 1.00. The van der Waals surface area contributed by atoms with Crippen LogP contribution < -0.4 is 5.90 Å². The number of hydrogen-bond donors (Lipinski definition) is 1. The van der Waals surface area contributed by atoms with E-state index in [0.29, 0.717) is 5.92 Å². The van der Waals surface area contributed by atoms with E-state index in [9.17, 15) is 0 Å². The largest absolute Gasteiger partial charge is 0.304 e. The van der Waals surface area contributed by atoms with Gasteiger partial charge in [0.1, 0.15) is 0 Å². The van der Waals surface area contributed by atoms with E-state index in [4.69, 9.17) is 5.90 Å². The fourth-order valence-electron chi connectivity index (χ4n) is 1.03. The fourth-order valence-corrected chi connectivity index (χ4v) is 1.03. The van der Waals surface area contributed by atoms with Crippen molar-refractivity contribution in [3.63, 3.8) is 0 Å². The molecule has 13 heavy (non-hydrogen) atoms. The quantitative estimate of drug-likeness (QED) is 0.648. The Morgan fingerprint density at radius 1 is 1.23 bits per heavy atom. The average Bonchev–Trinajstić information content (AvgIpc) is 2.98. The summed E-state index contributed by atoms with van der Waals surface area (Å²) in [7, 11) is 0. The number of hydrogen-bond acceptors (Lipinski definition) is 2. The third kappa shape index (κ3) is 11.9. The minimum absolute atomic E-state index is 0.671. The van der Waals surface area contributed by atoms with Gasteiger partial charge in [-0.3, -0.25) is 0 Å². The van der Waals surface area contributed by atoms with Gasteiger partial charge in [0.25, 0.3) is 0 Å². The van der Waals surface area contributed by atoms with E-state index in [2.05, 4.69) is 18.7 Å². The summed E-state index contributed by atoms with van der Waals surface area (Å²) in [6, 6.07) is 0. The van der Waals surface area contributed by atoms with Crippen LogP contribution >= 0.6 is 0 Å². The summed E-state index contributed by atoms with van der Waals surface area (Å²) in [5.41, 5.74) is 0. The summed E-state index contributed by atoms with van der Waals surface area (Å²) in [5, 5.41) is 0. The molecule has 0 amide bonds. The second-order valence-electron chi connectivity index (χ2n) is 3.81. The summed E-state index contributed by atoms with van der Waals surface area (Å²) >= 11 is 0. The normalized spacial score (nSPS) is 15.9. The second-order valence-corrected chi connectivity index (χ2v) is 3.81. The maximum absolute atomic E-state index is 4.98. The molecule has 0 heterocycles. The van der Waals surface area contributed by atoms with Crippen LogP contribution in [-0.4, -0.2) is 6.61 Å². The van der Waals surface area contributed by atoms with Crippen LogP contribution in [0.15, 0.2) is 0 Å². The van der Waals surface area contributed by atoms with E-state index >= 15 is 0 Å². The van der Waals surface area contributed by atoms with Crippen molar-refractivity contribution in [3.05, 3.63) is 0 Å². The SMILES string of the molecule is C1CC1.CCCCC(CC)CON. The Morgan fingerprint density at radius 2 is 1.85 bits per heavy atom. The van der Waals surface area contributed by atoms with Crippen molar-refractivity contribution in [2.24, 2.45) is 11.8 Å². The first-order valence-electron chi connectivity index (χ1n) is 5.66. The van der Waals surface area contributed by atoms with E-state index in [1.54, 1.807) is 0 Å². The molecule has 1 rings (SSSR count). The van der Waals surface area contributed by atoms with Crippen LogP contribution in [0.3, 0.4) is 0 Å². The Hall–Kier alpha value is -0.0800. The Labute approximate surface area is 82.8 Å². The third-order valence-corrected chi connectivity index (χ3v) is 2.23. The first-order chi connectivity index (χ1) is 6.35. The maximum atomic E-state index is 4.98. The van der Waals surface area contributed by atoms with Crippen LogP contribution in [0.4, 0.5) is 0 Å². The highest BCUT2D eigenvalue weighted by molar-refractivity contribution is 4.54. The van der Waals surface area contributed by atoms with Gasteiger partial charge in [-0.2, -0.15) is 0 Å². The minimum atomic E-state index is 0.671. The van der Waals surface area contributed by atoms with Gasteiger partial charge in [0.15, 0.2) is 0 Å². The van der Waals surface area contributed by atoms with Crippen molar-refractivity contribution in [1.29, 1.82) is 0 Å². The molecule has 1 aliphatic carbocycles. The van der Waals surface area contributed by atoms with Crippen LogP contribution in [0.25, 0.3) is 0 Å². The Kier molecular flexibility index (Phi) is 9.94. The van der Waals surface area contributed by atoms with Gasteiger partial charge in [-0.1, -0.05) is 52.4 Å². The average molecular weight is 187 g/mol. The van der Waals surface area contributed by atoms with Gasteiger partial charge in [-0.05, 0) is 12.3 Å². The molecule has 80 valence electrons. The van der Waals surface area contributed by atoms with Crippen molar-refractivity contribution >= 4 is 0 Å². The second kappa shape index (κ2) is 10.0. The molecule has 0 bridgehead atoms. The van der Waals surface area contributed by atoms with Crippen LogP contribution in [0, 0.1) is 5.92 Å². The van der Waals surface area contributed by atoms with Crippen LogP contribution in [-0.2, 0) is 4.84 Å². The highest BCUT2D eigenvalue weighted by Crippen LogP contribution is 2.14. The first kappa shape index (κ1) is 12.9. The molecule has 0 aliphatic heterocycles. The molecule has 0 aromatic carbocycles. The van der Waals surface area contributed by atoms with Gasteiger partial charge in [0, 0.05) is 0 Å². The van der Waals surface area contributed by atoms with Crippen molar-refractivity contribution in [3.8, 4) is 0 Å². The molecular formula is C11H25NO. The first-order valence-corrected chi connectivity index (χ1v) is 5.66. The molecule has 1 fully saturated rings. The standard InChI is InChI=1S/C8H19NO.C3H6/c1-3-5-6-8(4-2)7-10-9;1-2-3-1/h8H,3-7,9H2,1-2H3;1-3H2. The van der Waals surface area contributed by atoms with Crippen molar-refractivity contribution in [2.45, 2.75) is 58.8 Å². The van der Waals surface area contributed by atoms with Crippen molar-refractivity contribution in [2.75, 3.05) is 6.61 Å². The molecule has 0 radical (unpaired) electrons. The zero-order valence-corrected chi connectivity index (χ0v) is 9.22. The third-order valence-electron chi connectivity index (χ3n) is 2.23. The zero-order chi connectivity index (χ0) is 9.94. The van der Waals surface area contributed by atoms with Gasteiger partial charge >= 0.3 is 0 Å². The lowest BCUT2D eigenvalue weighted by Gasteiger charge is -2.11. The predicted molar refractivity (Wildman–Crippen MR) is 57.3 cm³/mol. The Balaban J connectivity index is 0.000000396. The smallest absolute Gasteiger partial charge is 0.0707 e. The molecule has 2 N–H and O–H groups in total. The van der Waals surface area contributed by atoms with E-state index in [-0.39, 0.29) is 0 Å². The Bertz CT molecular complexity index is 91.3. The monoisotopic (exact) mass is 187 g/mol. The van der Waals surface area contributed by atoms with E-state index in [0.717, 1.165) is 6.61 Å². The number of rotatable bonds is 6. The van der Waals surface area contributed by atoms with Gasteiger partial charge < -0.3 is 4.84 Å². The lowest BCUT2D eigenvalue weighted by Crippen LogP contribution is -2.11. The molecule has 2 heteroatoms. The lowest BCUT2D eigenvalue weighted by molar-refractivity contribution is 0.0956. The topological polar surface area (TPSA) is 35.2 Å². The highest BCUT2D eigenvalue weighted by Gasteiger charge is 2.03. The number of nitrogens with two attached hydrogens (primary N) is 1. The van der Waals surface area contributed by atoms with Crippen LogP contribution in [0.2, 0.25) is 0 Å². The van der Waals surface area contributed by atoms with E-state index in [1.807, 2.05) is 0 Å². The van der Waals surface area contributed by atoms with Crippen LogP contribution in [0.1, 0.15) is 58.8 Å². The number of unbranched alkanes of at least 4 members (excludes halogenated alkanes) is 1. The maximum Gasteiger partial charge on any atom is 0.0707 e. The van der Waals surface area contributed by atoms with Crippen molar-refractivity contribution in [1.82, 2.24) is 0 Å².